The predicted molar refractivity (Wildman–Crippen MR) is 73.0 cm³/mol. The van der Waals surface area contributed by atoms with Gasteiger partial charge in [-0.05, 0) is 45.1 Å². The summed E-state index contributed by atoms with van der Waals surface area (Å²) in [5.74, 6) is 0.309. The maximum Gasteiger partial charge on any atom is 0.285 e. The van der Waals surface area contributed by atoms with Gasteiger partial charge in [0, 0.05) is 6.04 Å². The van der Waals surface area contributed by atoms with Crippen LogP contribution in [0.1, 0.15) is 36.6 Å². The number of rotatable bonds is 4. The molecule has 0 aliphatic heterocycles. The highest BCUT2D eigenvalue weighted by Crippen LogP contribution is 2.32. The Morgan fingerprint density at radius 2 is 2.20 bits per heavy atom. The summed E-state index contributed by atoms with van der Waals surface area (Å²) in [5.41, 5.74) is 0.704. The second kappa shape index (κ2) is 5.45. The van der Waals surface area contributed by atoms with Crippen LogP contribution in [0.25, 0.3) is 0 Å². The van der Waals surface area contributed by atoms with Gasteiger partial charge in [0.15, 0.2) is 0 Å². The summed E-state index contributed by atoms with van der Waals surface area (Å²) in [6.07, 6.45) is 2.28. The van der Waals surface area contributed by atoms with Crippen LogP contribution in [-0.4, -0.2) is 21.7 Å². The summed E-state index contributed by atoms with van der Waals surface area (Å²) in [6.45, 7) is 5.22. The van der Waals surface area contributed by atoms with E-state index in [1.807, 2.05) is 13.0 Å². The lowest BCUT2D eigenvalue weighted by molar-refractivity contribution is -0.122. The third-order valence-electron chi connectivity index (χ3n) is 3.76. The van der Waals surface area contributed by atoms with E-state index < -0.39 is 5.56 Å². The number of nitrogens with one attached hydrogen (secondary N) is 1. The van der Waals surface area contributed by atoms with Crippen molar-refractivity contribution in [2.24, 2.45) is 5.92 Å². The van der Waals surface area contributed by atoms with Gasteiger partial charge in [0.1, 0.15) is 18.2 Å². The van der Waals surface area contributed by atoms with E-state index in [-0.39, 0.29) is 24.1 Å². The van der Waals surface area contributed by atoms with Crippen LogP contribution in [0, 0.1) is 31.1 Å². The Kier molecular flexibility index (Phi) is 3.89. The fourth-order valence-corrected chi connectivity index (χ4v) is 2.16. The number of carbonyl (C=O) groups excluding carboxylic acids is 1. The lowest BCUT2D eigenvalue weighted by Gasteiger charge is -2.14. The maximum absolute atomic E-state index is 12.0. The van der Waals surface area contributed by atoms with Gasteiger partial charge in [-0.3, -0.25) is 9.59 Å². The Balaban J connectivity index is 2.17. The summed E-state index contributed by atoms with van der Waals surface area (Å²) < 4.78 is 1.07. The molecule has 1 saturated carbocycles. The summed E-state index contributed by atoms with van der Waals surface area (Å²) in [4.78, 5) is 23.9. The second-order valence-electron chi connectivity index (χ2n) is 5.35. The summed E-state index contributed by atoms with van der Waals surface area (Å²) in [7, 11) is 0. The molecule has 0 bridgehead atoms. The third-order valence-corrected chi connectivity index (χ3v) is 3.76. The molecule has 0 spiro atoms. The van der Waals surface area contributed by atoms with E-state index in [2.05, 4.69) is 10.4 Å². The maximum atomic E-state index is 12.0. The van der Waals surface area contributed by atoms with Crippen molar-refractivity contribution in [3.8, 4) is 6.07 Å². The molecule has 1 N–H and O–H groups in total. The lowest BCUT2D eigenvalue weighted by Crippen LogP contribution is -2.40. The van der Waals surface area contributed by atoms with Gasteiger partial charge in [0.05, 0.1) is 5.69 Å². The Morgan fingerprint density at radius 3 is 2.75 bits per heavy atom. The van der Waals surface area contributed by atoms with Gasteiger partial charge in [-0.1, -0.05) is 0 Å². The van der Waals surface area contributed by atoms with Gasteiger partial charge in [-0.15, -0.1) is 0 Å². The van der Waals surface area contributed by atoms with E-state index in [1.165, 1.54) is 0 Å². The fraction of sp³-hybridized carbons (Fsp3) is 0.571. The number of aromatic nitrogens is 2. The summed E-state index contributed by atoms with van der Waals surface area (Å²) in [5, 5.41) is 16.0. The minimum Gasteiger partial charge on any atom is -0.352 e. The van der Waals surface area contributed by atoms with Crippen molar-refractivity contribution in [1.82, 2.24) is 15.1 Å². The third kappa shape index (κ3) is 2.87. The van der Waals surface area contributed by atoms with Crippen LogP contribution in [0.3, 0.4) is 0 Å². The molecule has 0 aromatic carbocycles. The number of hydrogen-bond donors (Lipinski definition) is 1. The molecule has 1 aromatic heterocycles. The van der Waals surface area contributed by atoms with Gasteiger partial charge in [0.25, 0.3) is 5.56 Å². The van der Waals surface area contributed by atoms with Crippen LogP contribution in [0.4, 0.5) is 0 Å². The molecular formula is C14H18N4O2. The van der Waals surface area contributed by atoms with Crippen molar-refractivity contribution >= 4 is 5.91 Å². The van der Waals surface area contributed by atoms with Crippen molar-refractivity contribution in [3.63, 3.8) is 0 Å². The first-order valence-electron chi connectivity index (χ1n) is 6.71. The molecule has 20 heavy (non-hydrogen) atoms. The van der Waals surface area contributed by atoms with Crippen LogP contribution >= 0.6 is 0 Å². The van der Waals surface area contributed by atoms with E-state index in [9.17, 15) is 9.59 Å². The lowest BCUT2D eigenvalue weighted by atomic mass is 10.1. The molecule has 106 valence electrons. The van der Waals surface area contributed by atoms with E-state index >= 15 is 0 Å². The van der Waals surface area contributed by atoms with Gasteiger partial charge in [-0.25, -0.2) is 4.68 Å². The van der Waals surface area contributed by atoms with Crippen LogP contribution in [-0.2, 0) is 11.3 Å². The standard InChI is InChI=1S/C14H18N4O2/c1-8-9(2)17-18(14(20)12(8)6-15)7-13(19)16-10(3)11-4-5-11/h10-11H,4-5,7H2,1-3H3,(H,16,19). The van der Waals surface area contributed by atoms with E-state index in [0.29, 0.717) is 17.2 Å². The Morgan fingerprint density at radius 1 is 1.55 bits per heavy atom. The van der Waals surface area contributed by atoms with Crippen LogP contribution in [0.5, 0.6) is 0 Å². The molecule has 6 nitrogen and oxygen atoms in total. The summed E-state index contributed by atoms with van der Waals surface area (Å²) >= 11 is 0. The first-order chi connectivity index (χ1) is 9.43. The first-order valence-corrected chi connectivity index (χ1v) is 6.71. The molecule has 1 aliphatic carbocycles. The van der Waals surface area contributed by atoms with Crippen molar-refractivity contribution in [2.45, 2.75) is 46.2 Å². The van der Waals surface area contributed by atoms with Crippen LogP contribution in [0.2, 0.25) is 0 Å². The number of nitrogens with zero attached hydrogens (tertiary/aromatic N) is 3. The summed E-state index contributed by atoms with van der Waals surface area (Å²) in [6, 6.07) is 2.01. The Bertz CT molecular complexity index is 638. The van der Waals surface area contributed by atoms with Crippen molar-refractivity contribution < 1.29 is 4.79 Å². The quantitative estimate of drug-likeness (QED) is 0.873. The second-order valence-corrected chi connectivity index (χ2v) is 5.35. The monoisotopic (exact) mass is 274 g/mol. The minimum atomic E-state index is -0.509. The average molecular weight is 274 g/mol. The Labute approximate surface area is 117 Å². The van der Waals surface area contributed by atoms with E-state index in [4.69, 9.17) is 5.26 Å². The Hall–Kier alpha value is -2.16. The molecule has 1 heterocycles. The SMILES string of the molecule is Cc1nn(CC(=O)NC(C)C2CC2)c(=O)c(C#N)c1C. The minimum absolute atomic E-state index is 0.0561. The molecule has 1 unspecified atom stereocenters. The molecule has 1 aliphatic rings. The molecule has 1 amide bonds. The largest absolute Gasteiger partial charge is 0.352 e. The zero-order chi connectivity index (χ0) is 14.9. The highest BCUT2D eigenvalue weighted by molar-refractivity contribution is 5.76. The number of aryl methyl sites for hydroxylation is 1. The molecule has 6 heteroatoms. The highest BCUT2D eigenvalue weighted by Gasteiger charge is 2.29. The molecule has 1 atom stereocenters. The molecule has 1 fully saturated rings. The zero-order valence-electron chi connectivity index (χ0n) is 11.9. The number of amides is 1. The van der Waals surface area contributed by atoms with Crippen LogP contribution < -0.4 is 10.9 Å². The first kappa shape index (κ1) is 14.3. The van der Waals surface area contributed by atoms with Crippen LogP contribution in [0.15, 0.2) is 4.79 Å². The van der Waals surface area contributed by atoms with E-state index in [0.717, 1.165) is 17.5 Å². The predicted octanol–water partition coefficient (Wildman–Crippen LogP) is 0.647. The number of nitriles is 1. The van der Waals surface area contributed by atoms with Gasteiger partial charge < -0.3 is 5.32 Å². The molecule has 0 radical (unpaired) electrons. The number of hydrogen-bond acceptors (Lipinski definition) is 4. The average Bonchev–Trinajstić information content (AvgIpc) is 3.20. The smallest absolute Gasteiger partial charge is 0.285 e. The van der Waals surface area contributed by atoms with E-state index in [1.54, 1.807) is 13.8 Å². The fourth-order valence-electron chi connectivity index (χ4n) is 2.16. The molecular weight excluding hydrogens is 256 g/mol. The zero-order valence-corrected chi connectivity index (χ0v) is 11.9. The van der Waals surface area contributed by atoms with Crippen molar-refractivity contribution in [1.29, 1.82) is 5.26 Å². The topological polar surface area (TPSA) is 87.8 Å². The highest BCUT2D eigenvalue weighted by atomic mass is 16.2. The molecule has 1 aromatic rings. The molecule has 0 saturated heterocycles. The van der Waals surface area contributed by atoms with Gasteiger partial charge in [0.2, 0.25) is 5.91 Å². The molecule has 2 rings (SSSR count). The van der Waals surface area contributed by atoms with Crippen molar-refractivity contribution in [2.75, 3.05) is 0 Å². The number of carbonyl (C=O) groups is 1. The van der Waals surface area contributed by atoms with Gasteiger partial charge >= 0.3 is 0 Å². The normalized spacial score (nSPS) is 15.5. The van der Waals surface area contributed by atoms with Gasteiger partial charge in [-0.2, -0.15) is 10.4 Å². The van der Waals surface area contributed by atoms with Crippen molar-refractivity contribution in [3.05, 3.63) is 27.2 Å².